The molecule has 0 unspecified atom stereocenters. The second-order valence-corrected chi connectivity index (χ2v) is 1.66. The third-order valence-corrected chi connectivity index (χ3v) is 0.875. The fourth-order valence-electron chi connectivity index (χ4n) is 0.557. The zero-order valence-electron chi connectivity index (χ0n) is 6.14. The first kappa shape index (κ1) is 8.24. The van der Waals surface area contributed by atoms with Crippen molar-refractivity contribution in [3.8, 4) is 0 Å². The Morgan fingerprint density at radius 1 is 1.11 bits per heavy atom. The molecule has 0 atom stereocenters. The summed E-state index contributed by atoms with van der Waals surface area (Å²) in [5.41, 5.74) is 4.50. The van der Waals surface area contributed by atoms with Crippen molar-refractivity contribution in [2.24, 2.45) is 5.73 Å². The van der Waals surface area contributed by atoms with Crippen LogP contribution >= 0.6 is 0 Å². The molecule has 1 aromatic rings. The van der Waals surface area contributed by atoms with Gasteiger partial charge in [-0.05, 0) is 33.0 Å². The molecule has 0 saturated carbocycles. The Labute approximate surface area is 55.7 Å². The highest BCUT2D eigenvalue weighted by Gasteiger charge is 1.85. The third kappa shape index (κ3) is 2.93. The predicted octanol–water partition coefficient (Wildman–Crippen LogP) is 1.47. The van der Waals surface area contributed by atoms with Crippen LogP contribution in [0.1, 0.15) is 11.5 Å². The normalized spacial score (nSPS) is 8.00. The van der Waals surface area contributed by atoms with E-state index in [2.05, 4.69) is 5.73 Å². The lowest BCUT2D eigenvalue weighted by molar-refractivity contribution is 0.504. The van der Waals surface area contributed by atoms with Gasteiger partial charge in [0.2, 0.25) is 0 Å². The molecule has 0 aliphatic rings. The largest absolute Gasteiger partial charge is 0.467 e. The SMILES string of the molecule is CN.Cc1ccc(C)o1. The van der Waals surface area contributed by atoms with Crippen LogP contribution in [0.5, 0.6) is 0 Å². The number of aryl methyl sites for hydroxylation is 2. The van der Waals surface area contributed by atoms with Gasteiger partial charge < -0.3 is 10.2 Å². The van der Waals surface area contributed by atoms with Crippen LogP contribution in [0.15, 0.2) is 16.5 Å². The van der Waals surface area contributed by atoms with Crippen molar-refractivity contribution in [1.29, 1.82) is 0 Å². The Balaban J connectivity index is 0.000000291. The Bertz CT molecular complexity index is 141. The van der Waals surface area contributed by atoms with Crippen LogP contribution in [0.3, 0.4) is 0 Å². The van der Waals surface area contributed by atoms with E-state index in [1.54, 1.807) is 0 Å². The quantitative estimate of drug-likeness (QED) is 0.573. The molecular formula is C7H13NO. The van der Waals surface area contributed by atoms with Crippen LogP contribution in [0.25, 0.3) is 0 Å². The molecule has 0 aromatic carbocycles. The molecule has 0 saturated heterocycles. The maximum Gasteiger partial charge on any atom is 0.101 e. The highest BCUT2D eigenvalue weighted by molar-refractivity contribution is 5.02. The number of hydrogen-bond acceptors (Lipinski definition) is 2. The molecule has 0 amide bonds. The van der Waals surface area contributed by atoms with Crippen LogP contribution in [-0.4, -0.2) is 7.05 Å². The molecule has 0 aliphatic heterocycles. The molecule has 2 heteroatoms. The molecule has 0 radical (unpaired) electrons. The Kier molecular flexibility index (Phi) is 3.80. The lowest BCUT2D eigenvalue weighted by Crippen LogP contribution is -1.69. The molecule has 2 N–H and O–H groups in total. The minimum Gasteiger partial charge on any atom is -0.467 e. The van der Waals surface area contributed by atoms with Crippen molar-refractivity contribution < 1.29 is 4.42 Å². The maximum absolute atomic E-state index is 5.08. The van der Waals surface area contributed by atoms with E-state index in [1.165, 1.54) is 7.05 Å². The van der Waals surface area contributed by atoms with Crippen molar-refractivity contribution in [1.82, 2.24) is 0 Å². The average Bonchev–Trinajstić information content (AvgIpc) is 2.20. The third-order valence-electron chi connectivity index (χ3n) is 0.875. The zero-order valence-corrected chi connectivity index (χ0v) is 6.14. The average molecular weight is 127 g/mol. The topological polar surface area (TPSA) is 39.2 Å². The van der Waals surface area contributed by atoms with Gasteiger partial charge in [0.1, 0.15) is 11.5 Å². The van der Waals surface area contributed by atoms with Gasteiger partial charge in [-0.15, -0.1) is 0 Å². The second kappa shape index (κ2) is 4.15. The van der Waals surface area contributed by atoms with E-state index in [0.29, 0.717) is 0 Å². The van der Waals surface area contributed by atoms with Crippen molar-refractivity contribution in [2.75, 3.05) is 7.05 Å². The summed E-state index contributed by atoms with van der Waals surface area (Å²) in [5, 5.41) is 0. The van der Waals surface area contributed by atoms with Crippen molar-refractivity contribution >= 4 is 0 Å². The first-order valence-corrected chi connectivity index (χ1v) is 2.90. The van der Waals surface area contributed by atoms with Gasteiger partial charge in [0, 0.05) is 0 Å². The van der Waals surface area contributed by atoms with Gasteiger partial charge in [0.15, 0.2) is 0 Å². The molecule has 1 rings (SSSR count). The summed E-state index contributed by atoms with van der Waals surface area (Å²) in [7, 11) is 1.50. The van der Waals surface area contributed by atoms with Crippen LogP contribution in [0, 0.1) is 13.8 Å². The van der Waals surface area contributed by atoms with Gasteiger partial charge in [0.05, 0.1) is 0 Å². The van der Waals surface area contributed by atoms with E-state index in [4.69, 9.17) is 4.42 Å². The first-order chi connectivity index (χ1) is 4.29. The minimum atomic E-state index is 0.984. The molecule has 1 aromatic heterocycles. The fraction of sp³-hybridized carbons (Fsp3) is 0.429. The van der Waals surface area contributed by atoms with Crippen molar-refractivity contribution in [2.45, 2.75) is 13.8 Å². The number of hydrogen-bond donors (Lipinski definition) is 1. The second-order valence-electron chi connectivity index (χ2n) is 1.66. The summed E-state index contributed by atoms with van der Waals surface area (Å²) in [6.45, 7) is 3.88. The smallest absolute Gasteiger partial charge is 0.101 e. The standard InChI is InChI=1S/C6H8O.CH5N/c1-5-3-4-6(2)7-5;1-2/h3-4H,1-2H3;2H2,1H3. The Morgan fingerprint density at radius 2 is 1.44 bits per heavy atom. The molecule has 52 valence electrons. The monoisotopic (exact) mass is 127 g/mol. The molecular weight excluding hydrogens is 114 g/mol. The van der Waals surface area contributed by atoms with Gasteiger partial charge in [0.25, 0.3) is 0 Å². The van der Waals surface area contributed by atoms with E-state index in [-0.39, 0.29) is 0 Å². The maximum atomic E-state index is 5.08. The van der Waals surface area contributed by atoms with E-state index in [9.17, 15) is 0 Å². The lowest BCUT2D eigenvalue weighted by atomic mass is 10.5. The van der Waals surface area contributed by atoms with E-state index in [0.717, 1.165) is 11.5 Å². The predicted molar refractivity (Wildman–Crippen MR) is 38.3 cm³/mol. The highest BCUT2D eigenvalue weighted by Crippen LogP contribution is 2.02. The molecule has 1 heterocycles. The van der Waals surface area contributed by atoms with Crippen LogP contribution in [0.2, 0.25) is 0 Å². The Morgan fingerprint density at radius 3 is 1.56 bits per heavy atom. The molecule has 0 spiro atoms. The van der Waals surface area contributed by atoms with Gasteiger partial charge in [-0.25, -0.2) is 0 Å². The van der Waals surface area contributed by atoms with Gasteiger partial charge >= 0.3 is 0 Å². The van der Waals surface area contributed by atoms with Crippen LogP contribution in [-0.2, 0) is 0 Å². The molecule has 9 heavy (non-hydrogen) atoms. The summed E-state index contributed by atoms with van der Waals surface area (Å²) < 4.78 is 5.08. The lowest BCUT2D eigenvalue weighted by Gasteiger charge is -1.76. The summed E-state index contributed by atoms with van der Waals surface area (Å²) in [6, 6.07) is 3.91. The summed E-state index contributed by atoms with van der Waals surface area (Å²) in [6.07, 6.45) is 0. The van der Waals surface area contributed by atoms with Crippen molar-refractivity contribution in [3.63, 3.8) is 0 Å². The molecule has 0 aliphatic carbocycles. The number of nitrogens with two attached hydrogens (primary N) is 1. The van der Waals surface area contributed by atoms with Crippen LogP contribution in [0.4, 0.5) is 0 Å². The molecule has 2 nitrogen and oxygen atoms in total. The number of furan rings is 1. The summed E-state index contributed by atoms with van der Waals surface area (Å²) in [4.78, 5) is 0. The van der Waals surface area contributed by atoms with E-state index >= 15 is 0 Å². The van der Waals surface area contributed by atoms with Crippen LogP contribution < -0.4 is 5.73 Å². The van der Waals surface area contributed by atoms with Gasteiger partial charge in [-0.1, -0.05) is 0 Å². The highest BCUT2D eigenvalue weighted by atomic mass is 16.3. The van der Waals surface area contributed by atoms with Gasteiger partial charge in [-0.2, -0.15) is 0 Å². The summed E-state index contributed by atoms with van der Waals surface area (Å²) >= 11 is 0. The van der Waals surface area contributed by atoms with E-state index in [1.807, 2.05) is 26.0 Å². The van der Waals surface area contributed by atoms with Gasteiger partial charge in [-0.3, -0.25) is 0 Å². The summed E-state index contributed by atoms with van der Waals surface area (Å²) in [5.74, 6) is 1.97. The number of rotatable bonds is 0. The minimum absolute atomic E-state index is 0.984. The Hall–Kier alpha value is -0.760. The first-order valence-electron chi connectivity index (χ1n) is 2.90. The molecule has 0 fully saturated rings. The van der Waals surface area contributed by atoms with Crippen molar-refractivity contribution in [3.05, 3.63) is 23.7 Å². The zero-order chi connectivity index (χ0) is 7.28. The van der Waals surface area contributed by atoms with E-state index < -0.39 is 0 Å². The fourth-order valence-corrected chi connectivity index (χ4v) is 0.557. The molecule has 0 bridgehead atoms.